The molecule has 0 radical (unpaired) electrons. The lowest BCUT2D eigenvalue weighted by Crippen LogP contribution is -2.42. The second kappa shape index (κ2) is 6.22. The first kappa shape index (κ1) is 14.1. The molecule has 1 aliphatic heterocycles. The first-order chi connectivity index (χ1) is 8.56. The van der Waals surface area contributed by atoms with E-state index in [4.69, 9.17) is 11.6 Å². The van der Waals surface area contributed by atoms with Crippen molar-refractivity contribution >= 4 is 33.2 Å². The Bertz CT molecular complexity index is 403. The van der Waals surface area contributed by atoms with Gasteiger partial charge in [-0.05, 0) is 48.7 Å². The smallest absolute Gasteiger partial charge is 0.152 e. The molecule has 2 heterocycles. The number of nitrogens with one attached hydrogen (secondary N) is 1. The van der Waals surface area contributed by atoms with Crippen LogP contribution in [0.4, 0.5) is 5.69 Å². The third kappa shape index (κ3) is 3.59. The molecule has 0 aliphatic carbocycles. The quantitative estimate of drug-likeness (QED) is 0.854. The minimum absolute atomic E-state index is 0.494. The fourth-order valence-electron chi connectivity index (χ4n) is 2.30. The molecular weight excluding hydrogens is 314 g/mol. The minimum atomic E-state index is 0.494. The summed E-state index contributed by atoms with van der Waals surface area (Å²) in [6.45, 7) is 6.80. The number of aromatic nitrogens is 1. The summed E-state index contributed by atoms with van der Waals surface area (Å²) in [6.07, 6.45) is 4.02. The van der Waals surface area contributed by atoms with Crippen LogP contribution in [0.1, 0.15) is 26.7 Å². The van der Waals surface area contributed by atoms with Gasteiger partial charge in [-0.3, -0.25) is 0 Å². The van der Waals surface area contributed by atoms with Crippen molar-refractivity contribution in [1.82, 2.24) is 9.88 Å². The summed E-state index contributed by atoms with van der Waals surface area (Å²) in [4.78, 5) is 6.65. The summed E-state index contributed by atoms with van der Waals surface area (Å²) >= 11 is 9.51. The van der Waals surface area contributed by atoms with Gasteiger partial charge < -0.3 is 10.2 Å². The van der Waals surface area contributed by atoms with Crippen molar-refractivity contribution in [2.75, 3.05) is 18.4 Å². The highest BCUT2D eigenvalue weighted by Gasteiger charge is 2.21. The van der Waals surface area contributed by atoms with Crippen molar-refractivity contribution < 1.29 is 0 Å². The number of hydrogen-bond donors (Lipinski definition) is 1. The molecule has 1 aromatic heterocycles. The molecule has 3 nitrogen and oxygen atoms in total. The van der Waals surface area contributed by atoms with E-state index in [9.17, 15) is 0 Å². The van der Waals surface area contributed by atoms with Crippen LogP contribution < -0.4 is 5.32 Å². The van der Waals surface area contributed by atoms with Gasteiger partial charge in [-0.15, -0.1) is 0 Å². The predicted octanol–water partition coefficient (Wildman–Crippen LogP) is 3.78. The van der Waals surface area contributed by atoms with Crippen molar-refractivity contribution in [1.29, 1.82) is 0 Å². The fraction of sp³-hybridized carbons (Fsp3) is 0.615. The Kier molecular flexibility index (Phi) is 4.87. The number of hydrogen-bond acceptors (Lipinski definition) is 3. The fourth-order valence-corrected chi connectivity index (χ4v) is 2.79. The van der Waals surface area contributed by atoms with Crippen molar-refractivity contribution in [2.45, 2.75) is 38.8 Å². The average molecular weight is 333 g/mol. The van der Waals surface area contributed by atoms with Gasteiger partial charge in [0.2, 0.25) is 0 Å². The summed E-state index contributed by atoms with van der Waals surface area (Å²) in [7, 11) is 0. The van der Waals surface area contributed by atoms with Crippen molar-refractivity contribution in [2.24, 2.45) is 0 Å². The number of halogens is 2. The molecule has 18 heavy (non-hydrogen) atoms. The zero-order chi connectivity index (χ0) is 13.1. The van der Waals surface area contributed by atoms with E-state index in [1.165, 1.54) is 0 Å². The lowest BCUT2D eigenvalue weighted by Gasteiger charge is -2.35. The van der Waals surface area contributed by atoms with Crippen LogP contribution in [0.5, 0.6) is 0 Å². The van der Waals surface area contributed by atoms with Gasteiger partial charge >= 0.3 is 0 Å². The van der Waals surface area contributed by atoms with Crippen LogP contribution in [0, 0.1) is 0 Å². The molecule has 1 aliphatic rings. The summed E-state index contributed by atoms with van der Waals surface area (Å²) in [6, 6.07) is 3.13. The summed E-state index contributed by atoms with van der Waals surface area (Å²) < 4.78 is 0.953. The molecule has 1 saturated heterocycles. The number of anilines is 1. The van der Waals surface area contributed by atoms with Gasteiger partial charge in [0.15, 0.2) is 5.15 Å². The van der Waals surface area contributed by atoms with Crippen LogP contribution in [-0.2, 0) is 0 Å². The van der Waals surface area contributed by atoms with Crippen LogP contribution in [0.2, 0.25) is 5.15 Å². The summed E-state index contributed by atoms with van der Waals surface area (Å²) in [5.74, 6) is 0. The number of piperidine rings is 1. The molecule has 100 valence electrons. The Hall–Kier alpha value is -0.320. The van der Waals surface area contributed by atoms with Crippen molar-refractivity contribution in [3.8, 4) is 0 Å². The van der Waals surface area contributed by atoms with Gasteiger partial charge in [0.05, 0.1) is 5.69 Å². The SMILES string of the molecule is CC(C)N1CCC(Nc2cc(Br)cnc2Cl)CC1. The molecule has 0 spiro atoms. The normalized spacial score (nSPS) is 18.3. The van der Waals surface area contributed by atoms with Crippen LogP contribution in [-0.4, -0.2) is 35.1 Å². The number of nitrogens with zero attached hydrogens (tertiary/aromatic N) is 2. The number of rotatable bonds is 3. The Labute approximate surface area is 122 Å². The first-order valence-electron chi connectivity index (χ1n) is 6.38. The van der Waals surface area contributed by atoms with Gasteiger partial charge in [-0.1, -0.05) is 11.6 Å². The minimum Gasteiger partial charge on any atom is -0.380 e. The van der Waals surface area contributed by atoms with Crippen LogP contribution in [0.25, 0.3) is 0 Å². The van der Waals surface area contributed by atoms with Crippen molar-refractivity contribution in [3.63, 3.8) is 0 Å². The van der Waals surface area contributed by atoms with E-state index in [1.54, 1.807) is 6.20 Å². The van der Waals surface area contributed by atoms with E-state index in [-0.39, 0.29) is 0 Å². The van der Waals surface area contributed by atoms with Gasteiger partial charge in [0, 0.05) is 35.8 Å². The van der Waals surface area contributed by atoms with Gasteiger partial charge in [0.1, 0.15) is 0 Å². The highest BCUT2D eigenvalue weighted by molar-refractivity contribution is 9.10. The van der Waals surface area contributed by atoms with Crippen LogP contribution in [0.3, 0.4) is 0 Å². The summed E-state index contributed by atoms with van der Waals surface area (Å²) in [5, 5.41) is 4.04. The zero-order valence-corrected chi connectivity index (χ0v) is 13.1. The van der Waals surface area contributed by atoms with Crippen molar-refractivity contribution in [3.05, 3.63) is 21.9 Å². The Morgan fingerprint density at radius 3 is 2.72 bits per heavy atom. The molecule has 0 unspecified atom stereocenters. The molecule has 2 rings (SSSR count). The predicted molar refractivity (Wildman–Crippen MR) is 80.3 cm³/mol. The lowest BCUT2D eigenvalue weighted by molar-refractivity contribution is 0.177. The largest absolute Gasteiger partial charge is 0.380 e. The highest BCUT2D eigenvalue weighted by atomic mass is 79.9. The number of likely N-dealkylation sites (tertiary alicyclic amines) is 1. The highest BCUT2D eigenvalue weighted by Crippen LogP contribution is 2.25. The van der Waals surface area contributed by atoms with E-state index >= 15 is 0 Å². The molecule has 1 N–H and O–H groups in total. The molecule has 0 saturated carbocycles. The maximum absolute atomic E-state index is 6.09. The molecule has 0 bridgehead atoms. The summed E-state index contributed by atoms with van der Waals surface area (Å²) in [5.41, 5.74) is 0.925. The molecule has 1 fully saturated rings. The maximum atomic E-state index is 6.09. The Morgan fingerprint density at radius 2 is 2.11 bits per heavy atom. The third-order valence-electron chi connectivity index (χ3n) is 3.43. The molecule has 0 amide bonds. The van der Waals surface area contributed by atoms with Crippen LogP contribution in [0.15, 0.2) is 16.7 Å². The zero-order valence-electron chi connectivity index (χ0n) is 10.8. The van der Waals surface area contributed by atoms with E-state index < -0.39 is 0 Å². The van der Waals surface area contributed by atoms with Gasteiger partial charge in [-0.2, -0.15) is 0 Å². The van der Waals surface area contributed by atoms with E-state index in [1.807, 2.05) is 6.07 Å². The number of pyridine rings is 1. The second-order valence-corrected chi connectivity index (χ2v) is 6.31. The van der Waals surface area contributed by atoms with E-state index in [0.717, 1.165) is 36.1 Å². The standard InChI is InChI=1S/C13H19BrClN3/c1-9(2)18-5-3-11(4-6-18)17-12-7-10(14)8-16-13(12)15/h7-9,11,17H,3-6H2,1-2H3. The Morgan fingerprint density at radius 1 is 1.44 bits per heavy atom. The maximum Gasteiger partial charge on any atom is 0.152 e. The van der Waals surface area contributed by atoms with Gasteiger partial charge in [-0.25, -0.2) is 4.98 Å². The Balaban J connectivity index is 1.93. The molecular formula is C13H19BrClN3. The average Bonchev–Trinajstić information content (AvgIpc) is 2.34. The molecule has 1 aromatic rings. The third-order valence-corrected chi connectivity index (χ3v) is 4.16. The second-order valence-electron chi connectivity index (χ2n) is 5.04. The first-order valence-corrected chi connectivity index (χ1v) is 7.55. The molecule has 0 aromatic carbocycles. The topological polar surface area (TPSA) is 28.2 Å². The van der Waals surface area contributed by atoms with E-state index in [0.29, 0.717) is 17.2 Å². The van der Waals surface area contributed by atoms with Gasteiger partial charge in [0.25, 0.3) is 0 Å². The lowest BCUT2D eigenvalue weighted by atomic mass is 10.0. The van der Waals surface area contributed by atoms with Crippen LogP contribution >= 0.6 is 27.5 Å². The monoisotopic (exact) mass is 331 g/mol. The molecule has 0 atom stereocenters. The molecule has 5 heteroatoms. The van der Waals surface area contributed by atoms with E-state index in [2.05, 4.69) is 45.0 Å².